The van der Waals surface area contributed by atoms with Crippen molar-refractivity contribution >= 4 is 11.8 Å². The van der Waals surface area contributed by atoms with Gasteiger partial charge in [-0.25, -0.2) is 0 Å². The maximum absolute atomic E-state index is 12.0. The molecule has 2 amide bonds. The zero-order valence-electron chi connectivity index (χ0n) is 9.32. The van der Waals surface area contributed by atoms with Crippen molar-refractivity contribution in [2.45, 2.75) is 32.7 Å². The van der Waals surface area contributed by atoms with Gasteiger partial charge in [0.25, 0.3) is 0 Å². The molecule has 1 N–H and O–H groups in total. The van der Waals surface area contributed by atoms with Gasteiger partial charge in [-0.1, -0.05) is 13.8 Å². The molecular formula is C11H18N2O2. The van der Waals surface area contributed by atoms with E-state index in [1.165, 1.54) is 0 Å². The van der Waals surface area contributed by atoms with Crippen LogP contribution in [0.4, 0.5) is 0 Å². The van der Waals surface area contributed by atoms with Crippen molar-refractivity contribution in [1.82, 2.24) is 10.2 Å². The summed E-state index contributed by atoms with van der Waals surface area (Å²) in [6.45, 7) is 5.31. The number of carbonyl (C=O) groups is 2. The third kappa shape index (κ3) is 1.85. The Bertz CT molecular complexity index is 290. The van der Waals surface area contributed by atoms with Crippen LogP contribution in [0.25, 0.3) is 0 Å². The van der Waals surface area contributed by atoms with Gasteiger partial charge in [-0.15, -0.1) is 0 Å². The standard InChI is InChI=1S/C11H18N2O2/c1-3-9-10(14)12-4-5-13(9)11(15)8-6-7(8)2/h7-9H,3-6H2,1-2H3,(H,12,14). The molecule has 2 rings (SSSR count). The highest BCUT2D eigenvalue weighted by atomic mass is 16.2. The van der Waals surface area contributed by atoms with Crippen LogP contribution in [0, 0.1) is 11.8 Å². The highest BCUT2D eigenvalue weighted by molar-refractivity contribution is 5.90. The summed E-state index contributed by atoms with van der Waals surface area (Å²) in [4.78, 5) is 25.4. The minimum atomic E-state index is -0.237. The Balaban J connectivity index is 2.05. The third-order valence-electron chi connectivity index (χ3n) is 3.43. The molecule has 1 saturated carbocycles. The second-order valence-electron chi connectivity index (χ2n) is 4.57. The summed E-state index contributed by atoms with van der Waals surface area (Å²) < 4.78 is 0. The van der Waals surface area contributed by atoms with Crippen LogP contribution >= 0.6 is 0 Å². The number of nitrogens with one attached hydrogen (secondary N) is 1. The van der Waals surface area contributed by atoms with Crippen molar-refractivity contribution in [3.63, 3.8) is 0 Å². The minimum absolute atomic E-state index is 0.00500. The van der Waals surface area contributed by atoms with Crippen LogP contribution in [0.3, 0.4) is 0 Å². The van der Waals surface area contributed by atoms with Gasteiger partial charge < -0.3 is 10.2 Å². The molecule has 1 heterocycles. The number of rotatable bonds is 2. The average molecular weight is 210 g/mol. The molecule has 4 heteroatoms. The lowest BCUT2D eigenvalue weighted by atomic mass is 10.1. The molecule has 3 unspecified atom stereocenters. The Morgan fingerprint density at radius 3 is 2.80 bits per heavy atom. The van der Waals surface area contributed by atoms with Crippen LogP contribution in [0.5, 0.6) is 0 Å². The molecule has 4 nitrogen and oxygen atoms in total. The van der Waals surface area contributed by atoms with Gasteiger partial charge in [0.15, 0.2) is 0 Å². The minimum Gasteiger partial charge on any atom is -0.353 e. The van der Waals surface area contributed by atoms with E-state index in [0.717, 1.165) is 6.42 Å². The van der Waals surface area contributed by atoms with Gasteiger partial charge >= 0.3 is 0 Å². The van der Waals surface area contributed by atoms with E-state index in [1.807, 2.05) is 6.92 Å². The molecule has 0 aromatic carbocycles. The summed E-state index contributed by atoms with van der Waals surface area (Å²) in [6, 6.07) is -0.237. The number of piperazine rings is 1. The largest absolute Gasteiger partial charge is 0.353 e. The molecule has 15 heavy (non-hydrogen) atoms. The molecule has 1 saturated heterocycles. The van der Waals surface area contributed by atoms with Crippen LogP contribution in [0.2, 0.25) is 0 Å². The smallest absolute Gasteiger partial charge is 0.242 e. The van der Waals surface area contributed by atoms with Crippen molar-refractivity contribution in [2.75, 3.05) is 13.1 Å². The molecule has 0 aromatic rings. The van der Waals surface area contributed by atoms with Gasteiger partial charge in [-0.2, -0.15) is 0 Å². The molecule has 2 fully saturated rings. The first-order chi connectivity index (χ1) is 7.15. The summed E-state index contributed by atoms with van der Waals surface area (Å²) in [6.07, 6.45) is 1.70. The fourth-order valence-corrected chi connectivity index (χ4v) is 2.26. The van der Waals surface area contributed by atoms with E-state index < -0.39 is 0 Å². The van der Waals surface area contributed by atoms with E-state index in [-0.39, 0.29) is 23.8 Å². The lowest BCUT2D eigenvalue weighted by Gasteiger charge is -2.34. The van der Waals surface area contributed by atoms with E-state index in [1.54, 1.807) is 4.90 Å². The summed E-state index contributed by atoms with van der Waals surface area (Å²) in [5.74, 6) is 0.888. The predicted octanol–water partition coefficient (Wildman–Crippen LogP) is 0.379. The fourth-order valence-electron chi connectivity index (χ4n) is 2.26. The summed E-state index contributed by atoms with van der Waals surface area (Å²) >= 11 is 0. The van der Waals surface area contributed by atoms with Gasteiger partial charge in [0.05, 0.1) is 0 Å². The van der Waals surface area contributed by atoms with E-state index in [0.29, 0.717) is 25.4 Å². The number of amides is 2. The van der Waals surface area contributed by atoms with Crippen LogP contribution in [-0.2, 0) is 9.59 Å². The van der Waals surface area contributed by atoms with E-state index in [4.69, 9.17) is 0 Å². The number of carbonyl (C=O) groups excluding carboxylic acids is 2. The van der Waals surface area contributed by atoms with Crippen LogP contribution in [0.1, 0.15) is 26.7 Å². The van der Waals surface area contributed by atoms with Crippen molar-refractivity contribution in [1.29, 1.82) is 0 Å². The topological polar surface area (TPSA) is 49.4 Å². The first-order valence-electron chi connectivity index (χ1n) is 5.73. The predicted molar refractivity (Wildman–Crippen MR) is 56.1 cm³/mol. The quantitative estimate of drug-likeness (QED) is 0.716. The van der Waals surface area contributed by atoms with Crippen molar-refractivity contribution in [2.24, 2.45) is 11.8 Å². The lowest BCUT2D eigenvalue weighted by molar-refractivity contribution is -0.144. The first kappa shape index (κ1) is 10.5. The molecule has 3 atom stereocenters. The molecule has 0 radical (unpaired) electrons. The van der Waals surface area contributed by atoms with Crippen molar-refractivity contribution < 1.29 is 9.59 Å². The SMILES string of the molecule is CCC1C(=O)NCCN1C(=O)C1CC1C. The summed E-state index contributed by atoms with van der Waals surface area (Å²) in [7, 11) is 0. The Hall–Kier alpha value is -1.06. The maximum Gasteiger partial charge on any atom is 0.242 e. The number of hydrogen-bond acceptors (Lipinski definition) is 2. The van der Waals surface area contributed by atoms with Crippen molar-refractivity contribution in [3.8, 4) is 0 Å². The molecule has 1 aliphatic heterocycles. The Morgan fingerprint density at radius 1 is 1.60 bits per heavy atom. The normalized spacial score (nSPS) is 34.9. The summed E-state index contributed by atoms with van der Waals surface area (Å²) in [5.41, 5.74) is 0. The van der Waals surface area contributed by atoms with Crippen LogP contribution < -0.4 is 5.32 Å². The Labute approximate surface area is 90.0 Å². The lowest BCUT2D eigenvalue weighted by Crippen LogP contribution is -2.57. The average Bonchev–Trinajstić information content (AvgIpc) is 2.94. The third-order valence-corrected chi connectivity index (χ3v) is 3.43. The molecule has 1 aliphatic carbocycles. The zero-order chi connectivity index (χ0) is 11.0. The second-order valence-corrected chi connectivity index (χ2v) is 4.57. The van der Waals surface area contributed by atoms with Gasteiger partial charge in [0, 0.05) is 19.0 Å². The van der Waals surface area contributed by atoms with Gasteiger partial charge in [0.1, 0.15) is 6.04 Å². The maximum atomic E-state index is 12.0. The molecular weight excluding hydrogens is 192 g/mol. The van der Waals surface area contributed by atoms with Gasteiger partial charge in [-0.3, -0.25) is 9.59 Å². The molecule has 0 bridgehead atoms. The Morgan fingerprint density at radius 2 is 2.27 bits per heavy atom. The first-order valence-corrected chi connectivity index (χ1v) is 5.73. The van der Waals surface area contributed by atoms with Gasteiger partial charge in [0.2, 0.25) is 11.8 Å². The van der Waals surface area contributed by atoms with E-state index in [2.05, 4.69) is 12.2 Å². The summed E-state index contributed by atoms with van der Waals surface area (Å²) in [5, 5.41) is 2.81. The van der Waals surface area contributed by atoms with E-state index in [9.17, 15) is 9.59 Å². The number of hydrogen-bond donors (Lipinski definition) is 1. The molecule has 0 aromatic heterocycles. The molecule has 84 valence electrons. The highest BCUT2D eigenvalue weighted by Gasteiger charge is 2.44. The molecule has 2 aliphatic rings. The van der Waals surface area contributed by atoms with Crippen LogP contribution in [-0.4, -0.2) is 35.8 Å². The second kappa shape index (κ2) is 3.83. The molecule has 0 spiro atoms. The van der Waals surface area contributed by atoms with Gasteiger partial charge in [-0.05, 0) is 18.8 Å². The highest BCUT2D eigenvalue weighted by Crippen LogP contribution is 2.39. The zero-order valence-corrected chi connectivity index (χ0v) is 9.32. The number of nitrogens with zero attached hydrogens (tertiary/aromatic N) is 1. The fraction of sp³-hybridized carbons (Fsp3) is 0.818. The monoisotopic (exact) mass is 210 g/mol. The van der Waals surface area contributed by atoms with E-state index >= 15 is 0 Å². The Kier molecular flexibility index (Phi) is 2.67. The van der Waals surface area contributed by atoms with Crippen molar-refractivity contribution in [3.05, 3.63) is 0 Å². The van der Waals surface area contributed by atoms with Crippen LogP contribution in [0.15, 0.2) is 0 Å².